The quantitative estimate of drug-likeness (QED) is 0.598. The highest BCUT2D eigenvalue weighted by molar-refractivity contribution is 5.31. The van der Waals surface area contributed by atoms with Crippen LogP contribution < -0.4 is 0 Å². The molecular formula is C18H26. The van der Waals surface area contributed by atoms with E-state index >= 15 is 0 Å². The molecule has 1 fully saturated rings. The fourth-order valence-corrected chi connectivity index (χ4v) is 3.26. The Morgan fingerprint density at radius 3 is 2.78 bits per heavy atom. The predicted molar refractivity (Wildman–Crippen MR) is 80.0 cm³/mol. The van der Waals surface area contributed by atoms with Crippen LogP contribution >= 0.6 is 0 Å². The zero-order valence-electron chi connectivity index (χ0n) is 12.1. The third kappa shape index (κ3) is 2.68. The lowest BCUT2D eigenvalue weighted by atomic mass is 9.82. The minimum atomic E-state index is 0.624. The van der Waals surface area contributed by atoms with Gasteiger partial charge in [0, 0.05) is 0 Å². The van der Waals surface area contributed by atoms with Crippen molar-refractivity contribution in [2.45, 2.75) is 58.3 Å². The number of allylic oxidation sites excluding steroid dienone is 1. The van der Waals surface area contributed by atoms with Crippen LogP contribution in [0.2, 0.25) is 0 Å². The van der Waals surface area contributed by atoms with Crippen molar-refractivity contribution in [2.75, 3.05) is 0 Å². The highest BCUT2D eigenvalue weighted by Crippen LogP contribution is 2.44. The molecular weight excluding hydrogens is 216 g/mol. The molecule has 1 aliphatic rings. The van der Waals surface area contributed by atoms with Crippen LogP contribution in [-0.4, -0.2) is 0 Å². The Bertz CT molecular complexity index is 414. The molecule has 1 aromatic carbocycles. The minimum Gasteiger partial charge on any atom is -0.0996 e. The molecule has 0 nitrogen and oxygen atoms in total. The second-order valence-electron chi connectivity index (χ2n) is 5.98. The lowest BCUT2D eigenvalue weighted by Gasteiger charge is -2.22. The molecule has 1 saturated carbocycles. The molecule has 0 heterocycles. The van der Waals surface area contributed by atoms with Gasteiger partial charge in [0.15, 0.2) is 0 Å². The molecule has 0 spiro atoms. The number of hydrogen-bond acceptors (Lipinski definition) is 0. The second kappa shape index (κ2) is 5.73. The van der Waals surface area contributed by atoms with Crippen LogP contribution in [-0.2, 0) is 0 Å². The van der Waals surface area contributed by atoms with Crippen LogP contribution in [0.15, 0.2) is 36.4 Å². The summed E-state index contributed by atoms with van der Waals surface area (Å²) in [5.41, 5.74) is 4.46. The highest BCUT2D eigenvalue weighted by Gasteiger charge is 2.29. The average molecular weight is 242 g/mol. The average Bonchev–Trinajstić information content (AvgIpc) is 2.87. The van der Waals surface area contributed by atoms with Gasteiger partial charge in [0.2, 0.25) is 0 Å². The smallest absolute Gasteiger partial charge is 0.00963 e. The summed E-state index contributed by atoms with van der Waals surface area (Å²) < 4.78 is 0. The standard InChI is InChI=1S/C18H26/c1-5-14(4)17-10-7-11-18(17)16-9-6-8-15(12-16)13(2)3/h6,8-9,12-13,17-18H,4-5,7,10-11H2,1-3H3. The summed E-state index contributed by atoms with van der Waals surface area (Å²) in [6.45, 7) is 11.1. The molecule has 0 aromatic heterocycles. The molecule has 98 valence electrons. The molecule has 0 radical (unpaired) electrons. The van der Waals surface area contributed by atoms with E-state index in [9.17, 15) is 0 Å². The first kappa shape index (κ1) is 13.4. The van der Waals surface area contributed by atoms with Crippen molar-refractivity contribution in [3.63, 3.8) is 0 Å². The second-order valence-corrected chi connectivity index (χ2v) is 5.98. The summed E-state index contributed by atoms with van der Waals surface area (Å²) in [6, 6.07) is 9.23. The molecule has 0 aliphatic heterocycles. The Kier molecular flexibility index (Phi) is 4.27. The van der Waals surface area contributed by atoms with Gasteiger partial charge in [-0.1, -0.05) is 63.6 Å². The van der Waals surface area contributed by atoms with Gasteiger partial charge in [0.25, 0.3) is 0 Å². The number of benzene rings is 1. The summed E-state index contributed by atoms with van der Waals surface area (Å²) in [5, 5.41) is 0. The predicted octanol–water partition coefficient (Wildman–Crippen LogP) is 5.66. The Morgan fingerprint density at radius 1 is 1.33 bits per heavy atom. The van der Waals surface area contributed by atoms with Crippen LogP contribution in [0.3, 0.4) is 0 Å². The van der Waals surface area contributed by atoms with Crippen molar-refractivity contribution in [2.24, 2.45) is 5.92 Å². The molecule has 0 amide bonds. The Balaban J connectivity index is 2.24. The minimum absolute atomic E-state index is 0.624. The van der Waals surface area contributed by atoms with E-state index in [0.717, 1.165) is 18.3 Å². The lowest BCUT2D eigenvalue weighted by Crippen LogP contribution is -2.08. The highest BCUT2D eigenvalue weighted by atomic mass is 14.3. The van der Waals surface area contributed by atoms with Crippen molar-refractivity contribution in [3.8, 4) is 0 Å². The van der Waals surface area contributed by atoms with E-state index in [2.05, 4.69) is 51.6 Å². The molecule has 2 rings (SSSR count). The SMILES string of the molecule is C=C(CC)C1CCCC1c1cccc(C(C)C)c1. The van der Waals surface area contributed by atoms with E-state index in [1.54, 1.807) is 5.56 Å². The molecule has 1 aromatic rings. The zero-order valence-corrected chi connectivity index (χ0v) is 12.1. The van der Waals surface area contributed by atoms with Crippen molar-refractivity contribution in [1.29, 1.82) is 0 Å². The van der Waals surface area contributed by atoms with Crippen LogP contribution in [0.5, 0.6) is 0 Å². The van der Waals surface area contributed by atoms with E-state index in [4.69, 9.17) is 0 Å². The molecule has 0 heteroatoms. The number of hydrogen-bond donors (Lipinski definition) is 0. The molecule has 0 bridgehead atoms. The van der Waals surface area contributed by atoms with E-state index < -0.39 is 0 Å². The largest absolute Gasteiger partial charge is 0.0996 e. The molecule has 2 atom stereocenters. The fraction of sp³-hybridized carbons (Fsp3) is 0.556. The maximum Gasteiger partial charge on any atom is -0.00963 e. The van der Waals surface area contributed by atoms with Gasteiger partial charge < -0.3 is 0 Å². The first-order valence-electron chi connectivity index (χ1n) is 7.41. The third-order valence-corrected chi connectivity index (χ3v) is 4.50. The van der Waals surface area contributed by atoms with Crippen LogP contribution in [0, 0.1) is 5.92 Å². The van der Waals surface area contributed by atoms with Crippen LogP contribution in [0.25, 0.3) is 0 Å². The van der Waals surface area contributed by atoms with Gasteiger partial charge in [0.05, 0.1) is 0 Å². The normalized spacial score (nSPS) is 23.6. The van der Waals surface area contributed by atoms with E-state index in [1.165, 1.54) is 30.4 Å². The topological polar surface area (TPSA) is 0 Å². The lowest BCUT2D eigenvalue weighted by molar-refractivity contribution is 0.546. The maximum atomic E-state index is 4.29. The van der Waals surface area contributed by atoms with Gasteiger partial charge in [-0.2, -0.15) is 0 Å². The third-order valence-electron chi connectivity index (χ3n) is 4.50. The van der Waals surface area contributed by atoms with Gasteiger partial charge in [-0.3, -0.25) is 0 Å². The molecule has 2 unspecified atom stereocenters. The van der Waals surface area contributed by atoms with Crippen molar-refractivity contribution in [3.05, 3.63) is 47.5 Å². The van der Waals surface area contributed by atoms with Gasteiger partial charge >= 0.3 is 0 Å². The maximum absolute atomic E-state index is 4.29. The van der Waals surface area contributed by atoms with Gasteiger partial charge in [-0.15, -0.1) is 0 Å². The van der Waals surface area contributed by atoms with Crippen molar-refractivity contribution in [1.82, 2.24) is 0 Å². The summed E-state index contributed by atoms with van der Waals surface area (Å²) in [6.07, 6.45) is 5.17. The van der Waals surface area contributed by atoms with Gasteiger partial charge in [-0.25, -0.2) is 0 Å². The summed E-state index contributed by atoms with van der Waals surface area (Å²) in [5.74, 6) is 2.06. The molecule has 18 heavy (non-hydrogen) atoms. The van der Waals surface area contributed by atoms with Gasteiger partial charge in [0.1, 0.15) is 0 Å². The summed E-state index contributed by atoms with van der Waals surface area (Å²) >= 11 is 0. The molecule has 0 saturated heterocycles. The van der Waals surface area contributed by atoms with E-state index in [-0.39, 0.29) is 0 Å². The first-order valence-corrected chi connectivity index (χ1v) is 7.41. The van der Waals surface area contributed by atoms with E-state index in [0.29, 0.717) is 5.92 Å². The monoisotopic (exact) mass is 242 g/mol. The Labute approximate surface area is 112 Å². The molecule has 1 aliphatic carbocycles. The van der Waals surface area contributed by atoms with Gasteiger partial charge in [-0.05, 0) is 48.1 Å². The Hall–Kier alpha value is -1.04. The van der Waals surface area contributed by atoms with Crippen LogP contribution in [0.1, 0.15) is 69.4 Å². The first-order chi connectivity index (χ1) is 8.63. The number of rotatable bonds is 4. The van der Waals surface area contributed by atoms with Crippen molar-refractivity contribution >= 4 is 0 Å². The van der Waals surface area contributed by atoms with E-state index in [1.807, 2.05) is 0 Å². The Morgan fingerprint density at radius 2 is 2.11 bits per heavy atom. The zero-order chi connectivity index (χ0) is 13.1. The molecule has 0 N–H and O–H groups in total. The summed E-state index contributed by atoms with van der Waals surface area (Å²) in [7, 11) is 0. The fourth-order valence-electron chi connectivity index (χ4n) is 3.26. The van der Waals surface area contributed by atoms with Crippen LogP contribution in [0.4, 0.5) is 0 Å². The van der Waals surface area contributed by atoms with Crippen molar-refractivity contribution < 1.29 is 0 Å². The summed E-state index contributed by atoms with van der Waals surface area (Å²) in [4.78, 5) is 0.